The molecule has 0 spiro atoms. The van der Waals surface area contributed by atoms with Crippen LogP contribution in [0.2, 0.25) is 0 Å². The summed E-state index contributed by atoms with van der Waals surface area (Å²) in [6, 6.07) is 0.982. The highest BCUT2D eigenvalue weighted by molar-refractivity contribution is 5.68. The van der Waals surface area contributed by atoms with Crippen LogP contribution in [0.3, 0.4) is 0 Å². The van der Waals surface area contributed by atoms with Crippen molar-refractivity contribution in [1.82, 2.24) is 10.2 Å². The van der Waals surface area contributed by atoms with Gasteiger partial charge in [0, 0.05) is 18.6 Å². The maximum Gasteiger partial charge on any atom is 0.410 e. The second-order valence-electron chi connectivity index (χ2n) is 7.34. The maximum absolute atomic E-state index is 12.2. The third-order valence-electron chi connectivity index (χ3n) is 4.28. The van der Waals surface area contributed by atoms with Gasteiger partial charge in [-0.1, -0.05) is 0 Å². The van der Waals surface area contributed by atoms with Crippen molar-refractivity contribution in [2.75, 3.05) is 13.1 Å². The summed E-state index contributed by atoms with van der Waals surface area (Å²) in [6.07, 6.45) is 5.86. The molecule has 116 valence electrons. The molecular weight excluding hydrogens is 252 g/mol. The lowest BCUT2D eigenvalue weighted by Gasteiger charge is -2.29. The normalized spacial score (nSPS) is 24.8. The molecule has 2 unspecified atom stereocenters. The number of nitrogens with zero attached hydrogens (tertiary/aromatic N) is 1. The Morgan fingerprint density at radius 2 is 2.05 bits per heavy atom. The van der Waals surface area contributed by atoms with E-state index in [4.69, 9.17) is 4.74 Å². The van der Waals surface area contributed by atoms with Crippen LogP contribution in [-0.4, -0.2) is 41.8 Å². The molecule has 0 aromatic rings. The maximum atomic E-state index is 12.2. The lowest BCUT2D eigenvalue weighted by atomic mass is 10.1. The van der Waals surface area contributed by atoms with E-state index >= 15 is 0 Å². The molecule has 4 nitrogen and oxygen atoms in total. The highest BCUT2D eigenvalue weighted by Crippen LogP contribution is 2.32. The van der Waals surface area contributed by atoms with Crippen LogP contribution in [0.15, 0.2) is 0 Å². The highest BCUT2D eigenvalue weighted by atomic mass is 16.6. The molecule has 1 aliphatic heterocycles. The first kappa shape index (κ1) is 15.6. The first-order valence-electron chi connectivity index (χ1n) is 8.10. The lowest BCUT2D eigenvalue weighted by Crippen LogP contribution is -2.41. The molecule has 4 heteroatoms. The average Bonchev–Trinajstić information content (AvgIpc) is 3.07. The summed E-state index contributed by atoms with van der Waals surface area (Å²) in [5.74, 6) is 0.889. The largest absolute Gasteiger partial charge is 0.444 e. The van der Waals surface area contributed by atoms with E-state index in [0.29, 0.717) is 12.1 Å². The first-order valence-corrected chi connectivity index (χ1v) is 8.10. The van der Waals surface area contributed by atoms with Gasteiger partial charge in [-0.05, 0) is 72.3 Å². The van der Waals surface area contributed by atoms with Crippen LogP contribution in [0, 0.1) is 5.92 Å². The zero-order chi connectivity index (χ0) is 14.8. The molecule has 0 radical (unpaired) electrons. The summed E-state index contributed by atoms with van der Waals surface area (Å²) in [5.41, 5.74) is -0.400. The summed E-state index contributed by atoms with van der Waals surface area (Å²) < 4.78 is 5.49. The van der Waals surface area contributed by atoms with Gasteiger partial charge in [0.1, 0.15) is 5.60 Å². The number of ether oxygens (including phenoxy) is 1. The quantitative estimate of drug-likeness (QED) is 0.842. The SMILES string of the molecule is CC(NCCC1CCCN1C(=O)OC(C)(C)C)C1CC1. The van der Waals surface area contributed by atoms with Crippen LogP contribution in [0.5, 0.6) is 0 Å². The van der Waals surface area contributed by atoms with Crippen molar-refractivity contribution >= 4 is 6.09 Å². The fourth-order valence-electron chi connectivity index (χ4n) is 2.94. The van der Waals surface area contributed by atoms with Gasteiger partial charge in [-0.2, -0.15) is 0 Å². The van der Waals surface area contributed by atoms with Crippen molar-refractivity contribution in [1.29, 1.82) is 0 Å². The Balaban J connectivity index is 1.73. The summed E-state index contributed by atoms with van der Waals surface area (Å²) in [5, 5.41) is 3.60. The summed E-state index contributed by atoms with van der Waals surface area (Å²) in [4.78, 5) is 14.1. The van der Waals surface area contributed by atoms with Crippen molar-refractivity contribution in [3.8, 4) is 0 Å². The number of hydrogen-bond acceptors (Lipinski definition) is 3. The molecule has 20 heavy (non-hydrogen) atoms. The van der Waals surface area contributed by atoms with Crippen LogP contribution >= 0.6 is 0 Å². The molecule has 2 aliphatic rings. The Morgan fingerprint density at radius 1 is 1.35 bits per heavy atom. The smallest absolute Gasteiger partial charge is 0.410 e. The number of amides is 1. The highest BCUT2D eigenvalue weighted by Gasteiger charge is 2.32. The predicted octanol–water partition coefficient (Wildman–Crippen LogP) is 3.16. The number of rotatable bonds is 5. The van der Waals surface area contributed by atoms with E-state index < -0.39 is 5.60 Å². The van der Waals surface area contributed by atoms with Crippen LogP contribution in [0.25, 0.3) is 0 Å². The van der Waals surface area contributed by atoms with Crippen LogP contribution in [0.4, 0.5) is 4.79 Å². The van der Waals surface area contributed by atoms with E-state index in [1.165, 1.54) is 12.8 Å². The van der Waals surface area contributed by atoms with Gasteiger partial charge in [0.05, 0.1) is 0 Å². The number of hydrogen-bond donors (Lipinski definition) is 1. The summed E-state index contributed by atoms with van der Waals surface area (Å²) in [6.45, 7) is 9.90. The molecule has 1 saturated heterocycles. The van der Waals surface area contributed by atoms with Gasteiger partial charge in [-0.3, -0.25) is 0 Å². The number of nitrogens with one attached hydrogen (secondary N) is 1. The van der Waals surface area contributed by atoms with Crippen molar-refractivity contribution in [3.05, 3.63) is 0 Å². The van der Waals surface area contributed by atoms with E-state index in [2.05, 4.69) is 12.2 Å². The topological polar surface area (TPSA) is 41.6 Å². The second-order valence-corrected chi connectivity index (χ2v) is 7.34. The average molecular weight is 282 g/mol. The van der Waals surface area contributed by atoms with Gasteiger partial charge < -0.3 is 15.0 Å². The number of carbonyl (C=O) groups excluding carboxylic acids is 1. The van der Waals surface area contributed by atoms with Gasteiger partial charge in [0.15, 0.2) is 0 Å². The minimum Gasteiger partial charge on any atom is -0.444 e. The molecule has 2 fully saturated rings. The monoisotopic (exact) mass is 282 g/mol. The Labute approximate surface area is 123 Å². The molecule has 0 aromatic heterocycles. The third-order valence-corrected chi connectivity index (χ3v) is 4.28. The molecule has 1 heterocycles. The van der Waals surface area contributed by atoms with E-state index in [0.717, 1.165) is 38.3 Å². The summed E-state index contributed by atoms with van der Waals surface area (Å²) in [7, 11) is 0. The molecule has 1 saturated carbocycles. The van der Waals surface area contributed by atoms with E-state index in [-0.39, 0.29) is 6.09 Å². The van der Waals surface area contributed by atoms with Gasteiger partial charge >= 0.3 is 6.09 Å². The molecular formula is C16H30N2O2. The molecule has 0 bridgehead atoms. The van der Waals surface area contributed by atoms with Crippen molar-refractivity contribution < 1.29 is 9.53 Å². The molecule has 2 atom stereocenters. The molecule has 2 rings (SSSR count). The van der Waals surface area contributed by atoms with E-state index in [1.807, 2.05) is 25.7 Å². The zero-order valence-electron chi connectivity index (χ0n) is 13.4. The second kappa shape index (κ2) is 6.33. The Bertz CT molecular complexity index is 334. The Morgan fingerprint density at radius 3 is 2.65 bits per heavy atom. The van der Waals surface area contributed by atoms with Crippen LogP contribution < -0.4 is 5.32 Å². The first-order chi connectivity index (χ1) is 9.37. The van der Waals surface area contributed by atoms with Crippen LogP contribution in [-0.2, 0) is 4.74 Å². The Kier molecular flexibility index (Phi) is 4.95. The molecule has 1 N–H and O–H groups in total. The van der Waals surface area contributed by atoms with Crippen molar-refractivity contribution in [3.63, 3.8) is 0 Å². The predicted molar refractivity (Wildman–Crippen MR) is 80.8 cm³/mol. The standard InChI is InChI=1S/C16H30N2O2/c1-12(13-7-8-13)17-10-9-14-6-5-11-18(14)15(19)20-16(2,3)4/h12-14,17H,5-11H2,1-4H3. The Hall–Kier alpha value is -0.770. The van der Waals surface area contributed by atoms with Crippen molar-refractivity contribution in [2.45, 2.75) is 77.5 Å². The van der Waals surface area contributed by atoms with Gasteiger partial charge in [-0.15, -0.1) is 0 Å². The molecule has 1 amide bonds. The van der Waals surface area contributed by atoms with Crippen LogP contribution in [0.1, 0.15) is 59.8 Å². The fraction of sp³-hybridized carbons (Fsp3) is 0.938. The fourth-order valence-corrected chi connectivity index (χ4v) is 2.94. The third kappa shape index (κ3) is 4.65. The minimum atomic E-state index is -0.400. The minimum absolute atomic E-state index is 0.143. The lowest BCUT2D eigenvalue weighted by molar-refractivity contribution is 0.0220. The van der Waals surface area contributed by atoms with Crippen molar-refractivity contribution in [2.24, 2.45) is 5.92 Å². The number of likely N-dealkylation sites (tertiary alicyclic amines) is 1. The van der Waals surface area contributed by atoms with E-state index in [1.54, 1.807) is 0 Å². The van der Waals surface area contributed by atoms with Gasteiger partial charge in [0.2, 0.25) is 0 Å². The summed E-state index contributed by atoms with van der Waals surface area (Å²) >= 11 is 0. The molecule has 1 aliphatic carbocycles. The molecule has 0 aromatic carbocycles. The zero-order valence-corrected chi connectivity index (χ0v) is 13.4. The van der Waals surface area contributed by atoms with Gasteiger partial charge in [-0.25, -0.2) is 4.79 Å². The van der Waals surface area contributed by atoms with E-state index in [9.17, 15) is 4.79 Å². The van der Waals surface area contributed by atoms with Gasteiger partial charge in [0.25, 0.3) is 0 Å². The number of carbonyl (C=O) groups is 1.